The third kappa shape index (κ3) is 6.35. The molecule has 2 aromatic rings. The molecular formula is C19H24ClN3O2. The van der Waals surface area contributed by atoms with E-state index in [2.05, 4.69) is 17.3 Å². The van der Waals surface area contributed by atoms with Gasteiger partial charge in [-0.1, -0.05) is 56.3 Å². The Morgan fingerprint density at radius 3 is 2.52 bits per heavy atom. The predicted molar refractivity (Wildman–Crippen MR) is 101 cm³/mol. The molecule has 1 aromatic heterocycles. The molecule has 0 fully saturated rings. The van der Waals surface area contributed by atoms with Crippen LogP contribution in [0.3, 0.4) is 0 Å². The first-order valence-corrected chi connectivity index (χ1v) is 9.08. The van der Waals surface area contributed by atoms with Gasteiger partial charge in [0.25, 0.3) is 5.56 Å². The summed E-state index contributed by atoms with van der Waals surface area (Å²) < 4.78 is 1.19. The summed E-state index contributed by atoms with van der Waals surface area (Å²) in [5.74, 6) is -0.196. The van der Waals surface area contributed by atoms with E-state index in [1.165, 1.54) is 30.0 Å². The maximum Gasteiger partial charge on any atom is 0.267 e. The first-order chi connectivity index (χ1) is 12.1. The van der Waals surface area contributed by atoms with Gasteiger partial charge in [-0.05, 0) is 24.6 Å². The molecule has 5 nitrogen and oxygen atoms in total. The number of nitrogens with one attached hydrogen (secondary N) is 1. The molecular weight excluding hydrogens is 338 g/mol. The number of nitrogens with zero attached hydrogens (tertiary/aromatic N) is 2. The number of hydrogen-bond acceptors (Lipinski definition) is 3. The molecule has 6 heteroatoms. The van der Waals surface area contributed by atoms with Crippen LogP contribution in [-0.4, -0.2) is 22.2 Å². The van der Waals surface area contributed by atoms with Gasteiger partial charge in [0.05, 0.1) is 5.69 Å². The second-order valence-corrected chi connectivity index (χ2v) is 6.42. The van der Waals surface area contributed by atoms with Crippen LogP contribution in [0.4, 0.5) is 0 Å². The lowest BCUT2D eigenvalue weighted by molar-refractivity contribution is -0.121. The number of aromatic nitrogens is 2. The van der Waals surface area contributed by atoms with Crippen molar-refractivity contribution in [3.05, 3.63) is 51.8 Å². The van der Waals surface area contributed by atoms with E-state index in [9.17, 15) is 9.59 Å². The minimum atomic E-state index is -0.296. The average Bonchev–Trinajstić information content (AvgIpc) is 2.61. The molecule has 0 saturated carbocycles. The van der Waals surface area contributed by atoms with Crippen LogP contribution in [0.15, 0.2) is 41.2 Å². The standard InChI is InChI=1S/C19H24ClN3O2/c1-2-3-4-5-6-13-21-18(24)14-23-19(25)12-11-17(22-23)15-7-9-16(20)10-8-15/h7-12H,2-6,13-14H2,1H3,(H,21,24). The predicted octanol–water partition coefficient (Wildman–Crippen LogP) is 3.65. The van der Waals surface area contributed by atoms with Gasteiger partial charge in [0.1, 0.15) is 6.54 Å². The highest BCUT2D eigenvalue weighted by Gasteiger charge is 2.07. The summed E-state index contributed by atoms with van der Waals surface area (Å²) in [6.07, 6.45) is 5.68. The fraction of sp³-hybridized carbons (Fsp3) is 0.421. The van der Waals surface area contributed by atoms with Crippen LogP contribution in [0.2, 0.25) is 5.02 Å². The van der Waals surface area contributed by atoms with Crippen molar-refractivity contribution in [2.75, 3.05) is 6.54 Å². The Morgan fingerprint density at radius 2 is 1.80 bits per heavy atom. The van der Waals surface area contributed by atoms with Crippen molar-refractivity contribution in [3.8, 4) is 11.3 Å². The molecule has 0 saturated heterocycles. The summed E-state index contributed by atoms with van der Waals surface area (Å²) in [6, 6.07) is 10.3. The number of halogens is 1. The van der Waals surface area contributed by atoms with Gasteiger partial charge in [0.2, 0.25) is 5.91 Å². The van der Waals surface area contributed by atoms with Crippen molar-refractivity contribution in [1.82, 2.24) is 15.1 Å². The zero-order valence-electron chi connectivity index (χ0n) is 14.5. The molecule has 0 spiro atoms. The van der Waals surface area contributed by atoms with E-state index in [4.69, 9.17) is 11.6 Å². The van der Waals surface area contributed by atoms with E-state index in [0.29, 0.717) is 17.3 Å². The Morgan fingerprint density at radius 1 is 1.08 bits per heavy atom. The Bertz CT molecular complexity index is 741. The lowest BCUT2D eigenvalue weighted by atomic mass is 10.1. The fourth-order valence-electron chi connectivity index (χ4n) is 2.49. The molecule has 0 radical (unpaired) electrons. The van der Waals surface area contributed by atoms with E-state index in [1.807, 2.05) is 12.1 Å². The summed E-state index contributed by atoms with van der Waals surface area (Å²) >= 11 is 5.88. The summed E-state index contributed by atoms with van der Waals surface area (Å²) in [5.41, 5.74) is 1.17. The fourth-order valence-corrected chi connectivity index (χ4v) is 2.61. The highest BCUT2D eigenvalue weighted by molar-refractivity contribution is 6.30. The Kier molecular flexibility index (Phi) is 7.67. The first kappa shape index (κ1) is 19.2. The third-order valence-electron chi connectivity index (χ3n) is 3.90. The van der Waals surface area contributed by atoms with Crippen LogP contribution in [0, 0.1) is 0 Å². The summed E-state index contributed by atoms with van der Waals surface area (Å²) in [6.45, 7) is 2.73. The molecule has 0 bridgehead atoms. The van der Waals surface area contributed by atoms with Gasteiger partial charge < -0.3 is 5.32 Å². The van der Waals surface area contributed by atoms with Crippen LogP contribution >= 0.6 is 11.6 Å². The van der Waals surface area contributed by atoms with Crippen LogP contribution in [0.25, 0.3) is 11.3 Å². The zero-order valence-corrected chi connectivity index (χ0v) is 15.3. The number of rotatable bonds is 9. The topological polar surface area (TPSA) is 64.0 Å². The van der Waals surface area contributed by atoms with Gasteiger partial charge in [0.15, 0.2) is 0 Å². The number of hydrogen-bond donors (Lipinski definition) is 1. The second-order valence-electron chi connectivity index (χ2n) is 5.99. The van der Waals surface area contributed by atoms with Crippen molar-refractivity contribution in [2.24, 2.45) is 0 Å². The van der Waals surface area contributed by atoms with Crippen LogP contribution in [0.5, 0.6) is 0 Å². The van der Waals surface area contributed by atoms with E-state index in [1.54, 1.807) is 18.2 Å². The smallest absolute Gasteiger partial charge is 0.267 e. The molecule has 0 aliphatic carbocycles. The second kappa shape index (κ2) is 9.99. The van der Waals surface area contributed by atoms with Gasteiger partial charge in [-0.15, -0.1) is 0 Å². The minimum absolute atomic E-state index is 0.0742. The molecule has 0 aliphatic rings. The van der Waals surface area contributed by atoms with Crippen molar-refractivity contribution in [3.63, 3.8) is 0 Å². The summed E-state index contributed by atoms with van der Waals surface area (Å²) in [4.78, 5) is 24.0. The molecule has 1 aromatic carbocycles. The van der Waals surface area contributed by atoms with Crippen LogP contribution in [-0.2, 0) is 11.3 Å². The monoisotopic (exact) mass is 361 g/mol. The van der Waals surface area contributed by atoms with Gasteiger partial charge in [0, 0.05) is 23.2 Å². The van der Waals surface area contributed by atoms with E-state index >= 15 is 0 Å². The number of unbranched alkanes of at least 4 members (excludes halogenated alkanes) is 4. The molecule has 1 heterocycles. The number of benzene rings is 1. The van der Waals surface area contributed by atoms with Gasteiger partial charge >= 0.3 is 0 Å². The van der Waals surface area contributed by atoms with Crippen LogP contribution < -0.4 is 10.9 Å². The van der Waals surface area contributed by atoms with Crippen LogP contribution in [0.1, 0.15) is 39.0 Å². The molecule has 25 heavy (non-hydrogen) atoms. The molecule has 0 unspecified atom stereocenters. The lowest BCUT2D eigenvalue weighted by Gasteiger charge is -2.08. The minimum Gasteiger partial charge on any atom is -0.354 e. The van der Waals surface area contributed by atoms with Crippen molar-refractivity contribution >= 4 is 17.5 Å². The molecule has 134 valence electrons. The normalized spacial score (nSPS) is 10.6. The average molecular weight is 362 g/mol. The number of carbonyl (C=O) groups is 1. The van der Waals surface area contributed by atoms with Gasteiger partial charge in [-0.2, -0.15) is 5.10 Å². The summed E-state index contributed by atoms with van der Waals surface area (Å²) in [7, 11) is 0. The highest BCUT2D eigenvalue weighted by atomic mass is 35.5. The van der Waals surface area contributed by atoms with Gasteiger partial charge in [-0.3, -0.25) is 9.59 Å². The van der Waals surface area contributed by atoms with Gasteiger partial charge in [-0.25, -0.2) is 4.68 Å². The number of amides is 1. The maximum absolute atomic E-state index is 12.0. The van der Waals surface area contributed by atoms with Crippen molar-refractivity contribution < 1.29 is 4.79 Å². The maximum atomic E-state index is 12.0. The zero-order chi connectivity index (χ0) is 18.1. The molecule has 0 atom stereocenters. The Hall–Kier alpha value is -2.14. The Labute approximate surface area is 153 Å². The Balaban J connectivity index is 1.93. The quantitative estimate of drug-likeness (QED) is 0.693. The SMILES string of the molecule is CCCCCCCNC(=O)Cn1nc(-c2ccc(Cl)cc2)ccc1=O. The molecule has 0 aliphatic heterocycles. The van der Waals surface area contributed by atoms with Crippen molar-refractivity contribution in [2.45, 2.75) is 45.6 Å². The summed E-state index contributed by atoms with van der Waals surface area (Å²) in [5, 5.41) is 7.76. The third-order valence-corrected chi connectivity index (χ3v) is 4.15. The number of carbonyl (C=O) groups excluding carboxylic acids is 1. The highest BCUT2D eigenvalue weighted by Crippen LogP contribution is 2.18. The van der Waals surface area contributed by atoms with E-state index < -0.39 is 0 Å². The first-order valence-electron chi connectivity index (χ1n) is 8.71. The molecule has 1 amide bonds. The van der Waals surface area contributed by atoms with Crippen molar-refractivity contribution in [1.29, 1.82) is 0 Å². The lowest BCUT2D eigenvalue weighted by Crippen LogP contribution is -2.34. The molecule has 1 N–H and O–H groups in total. The van der Waals surface area contributed by atoms with E-state index in [0.717, 1.165) is 18.4 Å². The molecule has 2 rings (SSSR count). The van der Waals surface area contributed by atoms with E-state index in [-0.39, 0.29) is 18.0 Å². The largest absolute Gasteiger partial charge is 0.354 e.